The number of alkyl halides is 1. The van der Waals surface area contributed by atoms with E-state index in [1.54, 1.807) is 0 Å². The van der Waals surface area contributed by atoms with E-state index < -0.39 is 21.7 Å². The lowest BCUT2D eigenvalue weighted by atomic mass is 9.68. The summed E-state index contributed by atoms with van der Waals surface area (Å²) in [6.07, 6.45) is 2.36. The van der Waals surface area contributed by atoms with E-state index in [1.807, 2.05) is 20.8 Å². The van der Waals surface area contributed by atoms with E-state index in [4.69, 9.17) is 0 Å². The summed E-state index contributed by atoms with van der Waals surface area (Å²) in [6, 6.07) is 0. The lowest BCUT2D eigenvalue weighted by Crippen LogP contribution is -2.54. The molecule has 94 valence electrons. The van der Waals surface area contributed by atoms with Gasteiger partial charge in [-0.05, 0) is 19.3 Å². The molecule has 2 N–H and O–H groups in total. The highest BCUT2D eigenvalue weighted by Crippen LogP contribution is 2.48. The molecule has 0 aliphatic rings. The molecule has 4 nitrogen and oxygen atoms in total. The van der Waals surface area contributed by atoms with Gasteiger partial charge in [-0.15, -0.1) is 0 Å². The van der Waals surface area contributed by atoms with Gasteiger partial charge in [0.15, 0.2) is 0 Å². The van der Waals surface area contributed by atoms with Crippen molar-refractivity contribution in [3.63, 3.8) is 0 Å². The largest absolute Gasteiger partial charge is 0.480 e. The molecule has 5 heteroatoms. The topological polar surface area (TPSA) is 74.6 Å². The zero-order valence-corrected chi connectivity index (χ0v) is 11.5. The molecule has 0 aliphatic heterocycles. The van der Waals surface area contributed by atoms with Gasteiger partial charge in [-0.3, -0.25) is 9.59 Å². The van der Waals surface area contributed by atoms with E-state index >= 15 is 0 Å². The van der Waals surface area contributed by atoms with Gasteiger partial charge in [0.05, 0.1) is 0 Å². The molecule has 0 aromatic carbocycles. The number of hydrogen-bond donors (Lipinski definition) is 2. The fourth-order valence-electron chi connectivity index (χ4n) is 2.29. The fourth-order valence-corrected chi connectivity index (χ4v) is 3.05. The van der Waals surface area contributed by atoms with Crippen LogP contribution in [0.1, 0.15) is 46.5 Å². The Labute approximate surface area is 104 Å². The first kappa shape index (κ1) is 15.4. The number of aliphatic carboxylic acids is 2. The zero-order valence-electron chi connectivity index (χ0n) is 9.92. The molecule has 0 aromatic heterocycles. The Morgan fingerprint density at radius 1 is 1.06 bits per heavy atom. The average molecular weight is 295 g/mol. The molecule has 0 heterocycles. The monoisotopic (exact) mass is 294 g/mol. The molecule has 16 heavy (non-hydrogen) atoms. The van der Waals surface area contributed by atoms with Crippen LogP contribution in [0.2, 0.25) is 0 Å². The van der Waals surface area contributed by atoms with Crippen molar-refractivity contribution in [1.82, 2.24) is 0 Å². The summed E-state index contributed by atoms with van der Waals surface area (Å²) < 4.78 is -1.89. The highest BCUT2D eigenvalue weighted by atomic mass is 79.9. The minimum absolute atomic E-state index is 0.515. The van der Waals surface area contributed by atoms with Gasteiger partial charge < -0.3 is 10.2 Å². The summed E-state index contributed by atoms with van der Waals surface area (Å²) >= 11 is 2.96. The van der Waals surface area contributed by atoms with Crippen LogP contribution in [0.3, 0.4) is 0 Å². The van der Waals surface area contributed by atoms with Crippen LogP contribution in [-0.2, 0) is 9.59 Å². The highest BCUT2D eigenvalue weighted by molar-refractivity contribution is 9.10. The van der Waals surface area contributed by atoms with Crippen molar-refractivity contribution in [2.75, 3.05) is 0 Å². The van der Waals surface area contributed by atoms with Crippen molar-refractivity contribution in [1.29, 1.82) is 0 Å². The average Bonchev–Trinajstić information content (AvgIpc) is 2.24. The highest BCUT2D eigenvalue weighted by Gasteiger charge is 2.58. The molecule has 0 unspecified atom stereocenters. The number of halogens is 1. The molecule has 0 rings (SSSR count). The molecule has 0 saturated heterocycles. The molecule has 0 saturated carbocycles. The van der Waals surface area contributed by atoms with Crippen LogP contribution in [0, 0.1) is 5.41 Å². The predicted molar refractivity (Wildman–Crippen MR) is 64.9 cm³/mol. The minimum Gasteiger partial charge on any atom is -0.480 e. The molecule has 0 spiro atoms. The van der Waals surface area contributed by atoms with E-state index in [-0.39, 0.29) is 0 Å². The Morgan fingerprint density at radius 2 is 1.44 bits per heavy atom. The van der Waals surface area contributed by atoms with Crippen LogP contribution < -0.4 is 0 Å². The SMILES string of the molecule is CCCC(CC)(CC)C(Br)(C(=O)O)C(=O)O. The quantitative estimate of drug-likeness (QED) is 0.559. The van der Waals surface area contributed by atoms with E-state index in [1.165, 1.54) is 0 Å². The van der Waals surface area contributed by atoms with Crippen molar-refractivity contribution >= 4 is 27.9 Å². The van der Waals surface area contributed by atoms with Gasteiger partial charge in [0.25, 0.3) is 0 Å². The predicted octanol–water partition coefficient (Wildman–Crippen LogP) is 2.90. The summed E-state index contributed by atoms with van der Waals surface area (Å²) in [5.41, 5.74) is -0.751. The van der Waals surface area contributed by atoms with E-state index in [9.17, 15) is 19.8 Å². The Balaban J connectivity index is 5.60. The summed E-state index contributed by atoms with van der Waals surface area (Å²) in [7, 11) is 0. The van der Waals surface area contributed by atoms with E-state index in [0.29, 0.717) is 19.3 Å². The van der Waals surface area contributed by atoms with Gasteiger partial charge in [-0.1, -0.05) is 43.1 Å². The van der Waals surface area contributed by atoms with Crippen LogP contribution >= 0.6 is 15.9 Å². The molecule has 0 aromatic rings. The number of rotatable bonds is 7. The molecule has 0 atom stereocenters. The van der Waals surface area contributed by atoms with E-state index in [0.717, 1.165) is 6.42 Å². The first-order valence-electron chi connectivity index (χ1n) is 5.48. The van der Waals surface area contributed by atoms with Crippen molar-refractivity contribution in [3.05, 3.63) is 0 Å². The van der Waals surface area contributed by atoms with Crippen LogP contribution in [-0.4, -0.2) is 26.5 Å². The first-order valence-corrected chi connectivity index (χ1v) is 6.27. The Morgan fingerprint density at radius 3 is 1.62 bits per heavy atom. The molecular weight excluding hydrogens is 276 g/mol. The number of carbonyl (C=O) groups is 2. The van der Waals surface area contributed by atoms with Gasteiger partial charge in [0.2, 0.25) is 4.32 Å². The van der Waals surface area contributed by atoms with Crippen molar-refractivity contribution in [2.24, 2.45) is 5.41 Å². The normalized spacial score (nSPS) is 12.5. The fraction of sp³-hybridized carbons (Fsp3) is 0.818. The number of hydrogen-bond acceptors (Lipinski definition) is 2. The molecule has 0 bridgehead atoms. The second-order valence-corrected chi connectivity index (χ2v) is 5.20. The molecule has 0 aliphatic carbocycles. The second-order valence-electron chi connectivity index (χ2n) is 4.01. The van der Waals surface area contributed by atoms with Crippen molar-refractivity contribution in [3.8, 4) is 0 Å². The third-order valence-electron chi connectivity index (χ3n) is 3.40. The van der Waals surface area contributed by atoms with Crippen LogP contribution in [0.15, 0.2) is 0 Å². The third-order valence-corrected chi connectivity index (χ3v) is 4.92. The van der Waals surface area contributed by atoms with Gasteiger partial charge in [-0.25, -0.2) is 0 Å². The molecular formula is C11H19BrO4. The van der Waals surface area contributed by atoms with Crippen molar-refractivity contribution in [2.45, 2.75) is 50.8 Å². The van der Waals surface area contributed by atoms with E-state index in [2.05, 4.69) is 15.9 Å². The maximum absolute atomic E-state index is 11.3. The van der Waals surface area contributed by atoms with Crippen LogP contribution in [0.25, 0.3) is 0 Å². The maximum Gasteiger partial charge on any atom is 0.332 e. The number of carboxylic acid groups (broad SMARTS) is 2. The minimum atomic E-state index is -1.89. The molecule has 0 radical (unpaired) electrons. The molecule has 0 fully saturated rings. The van der Waals surface area contributed by atoms with Gasteiger partial charge in [-0.2, -0.15) is 0 Å². The summed E-state index contributed by atoms with van der Waals surface area (Å²) in [6.45, 7) is 5.60. The summed E-state index contributed by atoms with van der Waals surface area (Å²) in [4.78, 5) is 22.5. The van der Waals surface area contributed by atoms with Crippen molar-refractivity contribution < 1.29 is 19.8 Å². The van der Waals surface area contributed by atoms with Gasteiger partial charge in [0.1, 0.15) is 0 Å². The smallest absolute Gasteiger partial charge is 0.332 e. The Bertz CT molecular complexity index is 257. The number of carboxylic acids is 2. The summed E-state index contributed by atoms with van der Waals surface area (Å²) in [5.74, 6) is -2.64. The third kappa shape index (κ3) is 2.24. The lowest BCUT2D eigenvalue weighted by molar-refractivity contribution is -0.157. The maximum atomic E-state index is 11.3. The standard InChI is InChI=1S/C11H19BrO4/c1-4-7-10(5-2,6-3)11(12,8(13)14)9(15)16/h4-7H2,1-3H3,(H,13,14)(H,15,16). The zero-order chi connectivity index (χ0) is 13.0. The first-order chi connectivity index (χ1) is 7.32. The van der Waals surface area contributed by atoms with Gasteiger partial charge in [0, 0.05) is 5.41 Å². The molecule has 0 amide bonds. The Kier molecular flexibility index (Phi) is 5.46. The van der Waals surface area contributed by atoms with Crippen LogP contribution in [0.4, 0.5) is 0 Å². The Hall–Kier alpha value is -0.580. The van der Waals surface area contributed by atoms with Gasteiger partial charge >= 0.3 is 11.9 Å². The van der Waals surface area contributed by atoms with Crippen LogP contribution in [0.5, 0.6) is 0 Å². The second kappa shape index (κ2) is 5.66. The lowest BCUT2D eigenvalue weighted by Gasteiger charge is -2.40. The summed E-state index contributed by atoms with van der Waals surface area (Å²) in [5, 5.41) is 18.4.